The van der Waals surface area contributed by atoms with E-state index >= 15 is 0 Å². The van der Waals surface area contributed by atoms with Gasteiger partial charge in [-0.05, 0) is 49.0 Å². The Hall–Kier alpha value is -1.80. The molecule has 0 aliphatic heterocycles. The van der Waals surface area contributed by atoms with E-state index in [0.717, 1.165) is 24.9 Å². The molecule has 0 fully saturated rings. The molecule has 2 aromatic carbocycles. The van der Waals surface area contributed by atoms with Gasteiger partial charge in [0.15, 0.2) is 0 Å². The van der Waals surface area contributed by atoms with Gasteiger partial charge in [0.1, 0.15) is 12.4 Å². The van der Waals surface area contributed by atoms with E-state index in [1.807, 2.05) is 4.72 Å². The van der Waals surface area contributed by atoms with Crippen LogP contribution in [0.25, 0.3) is 0 Å². The Kier molecular flexibility index (Phi) is 10.3. The number of sulfonamides is 1. The summed E-state index contributed by atoms with van der Waals surface area (Å²) in [5.74, 6) is -0.185. The van der Waals surface area contributed by atoms with Gasteiger partial charge < -0.3 is 10.1 Å². The van der Waals surface area contributed by atoms with Crippen LogP contribution in [0.4, 0.5) is 0 Å². The van der Waals surface area contributed by atoms with Crippen molar-refractivity contribution in [3.8, 4) is 5.75 Å². The number of ether oxygens (including phenoxy) is 1. The van der Waals surface area contributed by atoms with E-state index in [1.165, 1.54) is 12.1 Å². The third-order valence-electron chi connectivity index (χ3n) is 3.28. The Morgan fingerprint density at radius 1 is 1.04 bits per heavy atom. The molecule has 0 bridgehead atoms. The van der Waals surface area contributed by atoms with Crippen molar-refractivity contribution in [2.45, 2.75) is 20.5 Å². The number of amides is 1. The molecule has 0 aromatic heterocycles. The Morgan fingerprint density at radius 2 is 1.64 bits per heavy atom. The Bertz CT molecular complexity index is 870. The second-order valence-corrected chi connectivity index (χ2v) is 8.31. The maximum atomic E-state index is 11.7. The highest BCUT2D eigenvalue weighted by Gasteiger charge is 2.11. The predicted molar refractivity (Wildman–Crippen MR) is 114 cm³/mol. The zero-order valence-corrected chi connectivity index (χ0v) is 18.3. The lowest BCUT2D eigenvalue weighted by molar-refractivity contribution is 0.0981. The Labute approximate surface area is 176 Å². The van der Waals surface area contributed by atoms with E-state index in [4.69, 9.17) is 27.9 Å². The molecule has 1 amide bonds. The monoisotopic (exact) mass is 446 g/mol. The molecule has 0 aliphatic carbocycles. The molecule has 0 radical (unpaired) electrons. The molecule has 154 valence electrons. The summed E-state index contributed by atoms with van der Waals surface area (Å²) in [6.07, 6.45) is 0.920. The highest BCUT2D eigenvalue weighted by atomic mass is 35.5. The van der Waals surface area contributed by atoms with Crippen LogP contribution in [0, 0.1) is 0 Å². The van der Waals surface area contributed by atoms with E-state index in [0.29, 0.717) is 15.8 Å². The summed E-state index contributed by atoms with van der Waals surface area (Å²) in [7, 11) is -3.59. The molecule has 2 N–H and O–H groups in total. The number of benzene rings is 2. The number of carbonyl (C=O) groups is 1. The number of halogens is 2. The zero-order valence-electron chi connectivity index (χ0n) is 16.0. The van der Waals surface area contributed by atoms with Gasteiger partial charge in [-0.1, -0.05) is 49.2 Å². The lowest BCUT2D eigenvalue weighted by Crippen LogP contribution is -2.29. The van der Waals surface area contributed by atoms with Crippen molar-refractivity contribution < 1.29 is 17.9 Å². The van der Waals surface area contributed by atoms with E-state index in [1.54, 1.807) is 30.3 Å². The van der Waals surface area contributed by atoms with Crippen LogP contribution in [-0.2, 0) is 16.6 Å². The lowest BCUT2D eigenvalue weighted by Gasteiger charge is -2.09. The quantitative estimate of drug-likeness (QED) is 0.673. The SMILES string of the molecule is CCNCC.CS(=O)(=O)NC(=O)c1ccc(COc2ccc(Cl)cc2Cl)cc1. The molecule has 0 saturated carbocycles. The first kappa shape index (κ1) is 24.2. The van der Waals surface area contributed by atoms with E-state index in [2.05, 4.69) is 19.2 Å². The first-order chi connectivity index (χ1) is 13.2. The first-order valence-electron chi connectivity index (χ1n) is 8.55. The van der Waals surface area contributed by atoms with Crippen molar-refractivity contribution in [2.24, 2.45) is 0 Å². The molecule has 2 rings (SSSR count). The minimum Gasteiger partial charge on any atom is -0.487 e. The minimum atomic E-state index is -3.59. The van der Waals surface area contributed by atoms with Crippen LogP contribution in [0.3, 0.4) is 0 Å². The van der Waals surface area contributed by atoms with Crippen molar-refractivity contribution in [2.75, 3.05) is 19.3 Å². The Balaban J connectivity index is 0.000000696. The number of hydrogen-bond donors (Lipinski definition) is 2. The molecule has 6 nitrogen and oxygen atoms in total. The van der Waals surface area contributed by atoms with Gasteiger partial charge in [-0.2, -0.15) is 0 Å². The molecule has 0 atom stereocenters. The molecular weight excluding hydrogens is 423 g/mol. The van der Waals surface area contributed by atoms with Crippen LogP contribution in [0.1, 0.15) is 29.8 Å². The van der Waals surface area contributed by atoms with Crippen LogP contribution >= 0.6 is 23.2 Å². The Morgan fingerprint density at radius 3 is 2.11 bits per heavy atom. The maximum absolute atomic E-state index is 11.7. The van der Waals surface area contributed by atoms with Crippen LogP contribution in [-0.4, -0.2) is 33.7 Å². The number of carbonyl (C=O) groups excluding carboxylic acids is 1. The summed E-state index contributed by atoms with van der Waals surface area (Å²) in [4.78, 5) is 11.7. The maximum Gasteiger partial charge on any atom is 0.264 e. The van der Waals surface area contributed by atoms with E-state index in [-0.39, 0.29) is 12.2 Å². The predicted octanol–water partition coefficient (Wildman–Crippen LogP) is 3.88. The van der Waals surface area contributed by atoms with Gasteiger partial charge in [-0.15, -0.1) is 0 Å². The number of nitrogens with one attached hydrogen (secondary N) is 2. The molecule has 0 spiro atoms. The summed E-state index contributed by atoms with van der Waals surface area (Å²) < 4.78 is 29.5. The molecule has 0 aliphatic rings. The summed E-state index contributed by atoms with van der Waals surface area (Å²) in [6.45, 7) is 6.63. The number of rotatable bonds is 7. The van der Waals surface area contributed by atoms with Gasteiger partial charge in [0.05, 0.1) is 11.3 Å². The molecule has 0 unspecified atom stereocenters. The van der Waals surface area contributed by atoms with Crippen molar-refractivity contribution in [3.05, 3.63) is 63.6 Å². The standard InChI is InChI=1S/C15H13Cl2NO4S.C4H11N/c1-23(20,21)18-15(19)11-4-2-10(3-5-11)9-22-14-7-6-12(16)8-13(14)17;1-3-5-4-2/h2-8H,9H2,1H3,(H,18,19);5H,3-4H2,1-2H3. The summed E-state index contributed by atoms with van der Waals surface area (Å²) in [5, 5.41) is 4.03. The van der Waals surface area contributed by atoms with Crippen LogP contribution in [0.5, 0.6) is 5.75 Å². The summed E-state index contributed by atoms with van der Waals surface area (Å²) in [6, 6.07) is 11.3. The second kappa shape index (κ2) is 11.9. The van der Waals surface area contributed by atoms with Crippen LogP contribution < -0.4 is 14.8 Å². The third-order valence-corrected chi connectivity index (χ3v) is 4.37. The highest BCUT2D eigenvalue weighted by molar-refractivity contribution is 7.89. The molecule has 0 heterocycles. The first-order valence-corrected chi connectivity index (χ1v) is 11.2. The molecule has 2 aromatic rings. The number of hydrogen-bond acceptors (Lipinski definition) is 5. The highest BCUT2D eigenvalue weighted by Crippen LogP contribution is 2.28. The van der Waals surface area contributed by atoms with Crippen LogP contribution in [0.2, 0.25) is 10.0 Å². The fraction of sp³-hybridized carbons (Fsp3) is 0.316. The smallest absolute Gasteiger partial charge is 0.264 e. The average molecular weight is 447 g/mol. The van der Waals surface area contributed by atoms with Crippen LogP contribution in [0.15, 0.2) is 42.5 Å². The van der Waals surface area contributed by atoms with Gasteiger partial charge in [0.25, 0.3) is 5.91 Å². The lowest BCUT2D eigenvalue weighted by atomic mass is 10.1. The normalized spacial score (nSPS) is 10.6. The largest absolute Gasteiger partial charge is 0.487 e. The average Bonchev–Trinajstić information content (AvgIpc) is 2.61. The van der Waals surface area contributed by atoms with Crippen molar-refractivity contribution in [3.63, 3.8) is 0 Å². The fourth-order valence-electron chi connectivity index (χ4n) is 1.98. The molecular formula is C19H24Cl2N2O4S. The third kappa shape index (κ3) is 9.41. The van der Waals surface area contributed by atoms with Gasteiger partial charge in [-0.25, -0.2) is 13.1 Å². The minimum absolute atomic E-state index is 0.240. The van der Waals surface area contributed by atoms with E-state index in [9.17, 15) is 13.2 Å². The van der Waals surface area contributed by atoms with Crippen molar-refractivity contribution >= 4 is 39.1 Å². The van der Waals surface area contributed by atoms with Gasteiger partial charge in [0, 0.05) is 10.6 Å². The summed E-state index contributed by atoms with van der Waals surface area (Å²) >= 11 is 11.8. The topological polar surface area (TPSA) is 84.5 Å². The molecule has 28 heavy (non-hydrogen) atoms. The fourth-order valence-corrected chi connectivity index (χ4v) is 2.90. The van der Waals surface area contributed by atoms with Gasteiger partial charge >= 0.3 is 0 Å². The zero-order chi connectivity index (χ0) is 21.2. The van der Waals surface area contributed by atoms with E-state index < -0.39 is 15.9 Å². The summed E-state index contributed by atoms with van der Waals surface area (Å²) in [5.41, 5.74) is 1.04. The van der Waals surface area contributed by atoms with Crippen molar-refractivity contribution in [1.29, 1.82) is 0 Å². The van der Waals surface area contributed by atoms with Gasteiger partial charge in [0.2, 0.25) is 10.0 Å². The molecule has 0 saturated heterocycles. The van der Waals surface area contributed by atoms with Gasteiger partial charge in [-0.3, -0.25) is 4.79 Å². The van der Waals surface area contributed by atoms with Crippen molar-refractivity contribution in [1.82, 2.24) is 10.0 Å². The molecule has 9 heteroatoms. The second-order valence-electron chi connectivity index (χ2n) is 5.72.